The summed E-state index contributed by atoms with van der Waals surface area (Å²) in [4.78, 5) is 3.84. The lowest BCUT2D eigenvalue weighted by Crippen LogP contribution is -2.01. The molecule has 0 atom stereocenters. The van der Waals surface area contributed by atoms with E-state index in [0.717, 1.165) is 13.0 Å². The lowest BCUT2D eigenvalue weighted by Gasteiger charge is -1.99. The summed E-state index contributed by atoms with van der Waals surface area (Å²) in [5.41, 5.74) is 6.71. The molecule has 0 amide bonds. The van der Waals surface area contributed by atoms with Gasteiger partial charge in [-0.05, 0) is 12.0 Å². The van der Waals surface area contributed by atoms with Crippen LogP contribution < -0.4 is 5.73 Å². The van der Waals surface area contributed by atoms with Crippen molar-refractivity contribution in [2.45, 2.75) is 13.0 Å². The number of nitrogens with zero attached hydrogens (tertiary/aromatic N) is 3. The first-order valence-electron chi connectivity index (χ1n) is 3.84. The highest BCUT2D eigenvalue weighted by atomic mass is 15.4. The van der Waals surface area contributed by atoms with E-state index < -0.39 is 0 Å². The number of nitrogen functional groups attached to an aromatic ring is 1. The van der Waals surface area contributed by atoms with E-state index in [1.54, 1.807) is 11.0 Å². The van der Waals surface area contributed by atoms with Crippen LogP contribution in [0.5, 0.6) is 0 Å². The van der Waals surface area contributed by atoms with E-state index in [1.165, 1.54) is 5.57 Å². The molecule has 0 unspecified atom stereocenters. The van der Waals surface area contributed by atoms with Crippen molar-refractivity contribution in [2.75, 3.05) is 5.73 Å². The molecule has 0 fully saturated rings. The van der Waals surface area contributed by atoms with Crippen LogP contribution in [0, 0.1) is 0 Å². The Hall–Kier alpha value is -1.58. The number of hydrogen-bond donors (Lipinski definition) is 1. The summed E-state index contributed by atoms with van der Waals surface area (Å²) in [6, 6.07) is 0. The fourth-order valence-electron chi connectivity index (χ4n) is 1.20. The quantitative estimate of drug-likeness (QED) is 0.698. The molecule has 1 aliphatic rings. The maximum atomic E-state index is 5.37. The molecule has 2 N–H and O–H groups in total. The van der Waals surface area contributed by atoms with E-state index in [0.29, 0.717) is 5.95 Å². The molecule has 0 aliphatic heterocycles. The van der Waals surface area contributed by atoms with Crippen LogP contribution in [-0.2, 0) is 6.54 Å². The van der Waals surface area contributed by atoms with Crippen molar-refractivity contribution in [3.63, 3.8) is 0 Å². The van der Waals surface area contributed by atoms with Crippen LogP contribution in [0.15, 0.2) is 30.1 Å². The number of allylic oxidation sites excluding steroid dienone is 4. The van der Waals surface area contributed by atoms with E-state index >= 15 is 0 Å². The number of hydrogen-bond acceptors (Lipinski definition) is 3. The fraction of sp³-hybridized carbons (Fsp3) is 0.250. The zero-order chi connectivity index (χ0) is 8.39. The number of anilines is 1. The zero-order valence-corrected chi connectivity index (χ0v) is 6.64. The molecule has 4 nitrogen and oxygen atoms in total. The molecular formula is C8H10N4. The molecule has 1 aromatic rings. The molecule has 0 radical (unpaired) electrons. The van der Waals surface area contributed by atoms with Crippen molar-refractivity contribution in [3.8, 4) is 0 Å². The first kappa shape index (κ1) is 7.09. The lowest BCUT2D eigenvalue weighted by molar-refractivity contribution is 0.671. The normalized spacial score (nSPS) is 15.2. The van der Waals surface area contributed by atoms with Gasteiger partial charge < -0.3 is 5.73 Å². The third kappa shape index (κ3) is 1.37. The number of rotatable bonds is 2. The number of aromatic nitrogens is 3. The highest BCUT2D eigenvalue weighted by molar-refractivity contribution is 5.23. The molecule has 0 bridgehead atoms. The minimum Gasteiger partial charge on any atom is -0.367 e. The van der Waals surface area contributed by atoms with Crippen LogP contribution in [0.4, 0.5) is 5.95 Å². The van der Waals surface area contributed by atoms with Gasteiger partial charge in [-0.3, -0.25) is 0 Å². The monoisotopic (exact) mass is 162 g/mol. The summed E-state index contributed by atoms with van der Waals surface area (Å²) < 4.78 is 1.74. The fourth-order valence-corrected chi connectivity index (χ4v) is 1.20. The largest absolute Gasteiger partial charge is 0.367 e. The zero-order valence-electron chi connectivity index (χ0n) is 6.64. The van der Waals surface area contributed by atoms with Gasteiger partial charge in [0.25, 0.3) is 0 Å². The molecule has 2 rings (SSSR count). The standard InChI is InChI=1S/C8H10N4/c9-8-10-6-12(11-8)5-7-3-1-2-4-7/h1-3,6H,4-5H2,(H2,9,11). The maximum Gasteiger partial charge on any atom is 0.239 e. The van der Waals surface area contributed by atoms with Crippen molar-refractivity contribution >= 4 is 5.95 Å². The predicted octanol–water partition coefficient (Wildman–Crippen LogP) is 0.747. The van der Waals surface area contributed by atoms with Crippen molar-refractivity contribution in [1.29, 1.82) is 0 Å². The summed E-state index contributed by atoms with van der Waals surface area (Å²) in [7, 11) is 0. The third-order valence-corrected chi connectivity index (χ3v) is 1.77. The Bertz CT molecular complexity index is 335. The smallest absolute Gasteiger partial charge is 0.239 e. The molecule has 1 aliphatic carbocycles. The van der Waals surface area contributed by atoms with Gasteiger partial charge in [0, 0.05) is 0 Å². The van der Waals surface area contributed by atoms with E-state index in [-0.39, 0.29) is 0 Å². The van der Waals surface area contributed by atoms with Crippen LogP contribution in [-0.4, -0.2) is 14.8 Å². The summed E-state index contributed by atoms with van der Waals surface area (Å²) in [6.07, 6.45) is 8.93. The molecule has 12 heavy (non-hydrogen) atoms. The lowest BCUT2D eigenvalue weighted by atomic mass is 10.2. The van der Waals surface area contributed by atoms with E-state index in [2.05, 4.69) is 28.3 Å². The molecule has 0 spiro atoms. The van der Waals surface area contributed by atoms with Crippen LogP contribution in [0.25, 0.3) is 0 Å². The average molecular weight is 162 g/mol. The van der Waals surface area contributed by atoms with Gasteiger partial charge in [-0.25, -0.2) is 9.67 Å². The van der Waals surface area contributed by atoms with Gasteiger partial charge in [-0.2, -0.15) is 0 Å². The molecule has 0 saturated heterocycles. The summed E-state index contributed by atoms with van der Waals surface area (Å²) in [5.74, 6) is 0.335. The highest BCUT2D eigenvalue weighted by Gasteiger charge is 2.01. The van der Waals surface area contributed by atoms with E-state index in [9.17, 15) is 0 Å². The second-order valence-corrected chi connectivity index (χ2v) is 2.76. The Morgan fingerprint density at radius 1 is 1.58 bits per heavy atom. The maximum absolute atomic E-state index is 5.37. The topological polar surface area (TPSA) is 56.7 Å². The van der Waals surface area contributed by atoms with Gasteiger partial charge in [0.15, 0.2) is 0 Å². The van der Waals surface area contributed by atoms with Gasteiger partial charge in [0.2, 0.25) is 5.95 Å². The molecule has 1 heterocycles. The third-order valence-electron chi connectivity index (χ3n) is 1.77. The van der Waals surface area contributed by atoms with Gasteiger partial charge >= 0.3 is 0 Å². The Morgan fingerprint density at radius 3 is 3.08 bits per heavy atom. The Balaban J connectivity index is 2.04. The van der Waals surface area contributed by atoms with Crippen LogP contribution in [0.1, 0.15) is 6.42 Å². The predicted molar refractivity (Wildman–Crippen MR) is 46.3 cm³/mol. The van der Waals surface area contributed by atoms with Gasteiger partial charge in [-0.1, -0.05) is 18.2 Å². The SMILES string of the molecule is Nc1ncn(CC2=CC=CC2)n1. The second-order valence-electron chi connectivity index (χ2n) is 2.76. The van der Waals surface area contributed by atoms with Crippen molar-refractivity contribution in [2.24, 2.45) is 0 Å². The Labute approximate surface area is 70.4 Å². The van der Waals surface area contributed by atoms with Gasteiger partial charge in [0.1, 0.15) is 6.33 Å². The van der Waals surface area contributed by atoms with E-state index in [1.807, 2.05) is 0 Å². The van der Waals surface area contributed by atoms with Crippen LogP contribution >= 0.6 is 0 Å². The van der Waals surface area contributed by atoms with Gasteiger partial charge in [0.05, 0.1) is 6.54 Å². The average Bonchev–Trinajstić information content (AvgIpc) is 2.63. The van der Waals surface area contributed by atoms with Gasteiger partial charge in [-0.15, -0.1) is 5.10 Å². The number of nitrogens with two attached hydrogens (primary N) is 1. The molecule has 62 valence electrons. The van der Waals surface area contributed by atoms with E-state index in [4.69, 9.17) is 5.73 Å². The minimum atomic E-state index is 0.335. The molecule has 4 heteroatoms. The van der Waals surface area contributed by atoms with Crippen molar-refractivity contribution < 1.29 is 0 Å². The molecule has 0 aromatic carbocycles. The molecular weight excluding hydrogens is 152 g/mol. The summed E-state index contributed by atoms with van der Waals surface area (Å²) >= 11 is 0. The van der Waals surface area contributed by atoms with Crippen LogP contribution in [0.2, 0.25) is 0 Å². The minimum absolute atomic E-state index is 0.335. The molecule has 0 saturated carbocycles. The second kappa shape index (κ2) is 2.81. The Kier molecular flexibility index (Phi) is 1.66. The summed E-state index contributed by atoms with van der Waals surface area (Å²) in [5, 5.41) is 3.99. The van der Waals surface area contributed by atoms with Crippen molar-refractivity contribution in [3.05, 3.63) is 30.1 Å². The van der Waals surface area contributed by atoms with Crippen LogP contribution in [0.3, 0.4) is 0 Å². The Morgan fingerprint density at radius 2 is 2.50 bits per heavy atom. The summed E-state index contributed by atoms with van der Waals surface area (Å²) in [6.45, 7) is 0.789. The first-order chi connectivity index (χ1) is 5.84. The molecule has 1 aromatic heterocycles. The van der Waals surface area contributed by atoms with Crippen molar-refractivity contribution in [1.82, 2.24) is 14.8 Å². The first-order valence-corrected chi connectivity index (χ1v) is 3.84. The highest BCUT2D eigenvalue weighted by Crippen LogP contribution is 2.11.